The van der Waals surface area contributed by atoms with E-state index < -0.39 is 0 Å². The van der Waals surface area contributed by atoms with Gasteiger partial charge in [0, 0.05) is 35.1 Å². The zero-order valence-electron chi connectivity index (χ0n) is 10.8. The van der Waals surface area contributed by atoms with Crippen molar-refractivity contribution in [2.24, 2.45) is 0 Å². The van der Waals surface area contributed by atoms with Gasteiger partial charge in [-0.05, 0) is 19.2 Å². The SMILES string of the molecule is CN1CCNCC1c1csc(-c2ccc(Br)cc2)n1. The standard InChI is InChI=1S/C14H16BrN3S/c1-18-7-6-16-8-13(18)12-9-19-14(17-12)10-2-4-11(15)5-3-10/h2-5,9,13,16H,6-8H2,1H3. The Morgan fingerprint density at radius 3 is 2.89 bits per heavy atom. The van der Waals surface area contributed by atoms with Crippen LogP contribution in [0.4, 0.5) is 0 Å². The summed E-state index contributed by atoms with van der Waals surface area (Å²) in [7, 11) is 2.17. The number of aromatic nitrogens is 1. The second-order valence-electron chi connectivity index (χ2n) is 4.78. The molecule has 1 aliphatic rings. The van der Waals surface area contributed by atoms with E-state index in [1.54, 1.807) is 11.3 Å². The fourth-order valence-electron chi connectivity index (χ4n) is 2.30. The van der Waals surface area contributed by atoms with E-state index >= 15 is 0 Å². The minimum atomic E-state index is 0.397. The third kappa shape index (κ3) is 2.89. The molecule has 19 heavy (non-hydrogen) atoms. The summed E-state index contributed by atoms with van der Waals surface area (Å²) < 4.78 is 1.10. The predicted octanol–water partition coefficient (Wildman–Crippen LogP) is 3.15. The first-order chi connectivity index (χ1) is 9.24. The Balaban J connectivity index is 1.84. The van der Waals surface area contributed by atoms with Crippen molar-refractivity contribution in [2.45, 2.75) is 6.04 Å². The first-order valence-corrected chi connectivity index (χ1v) is 8.03. The Labute approximate surface area is 125 Å². The van der Waals surface area contributed by atoms with Crippen LogP contribution in [-0.2, 0) is 0 Å². The number of benzene rings is 1. The maximum absolute atomic E-state index is 4.81. The van der Waals surface area contributed by atoms with Gasteiger partial charge in [0.1, 0.15) is 5.01 Å². The van der Waals surface area contributed by atoms with Crippen LogP contribution in [0.15, 0.2) is 34.1 Å². The highest BCUT2D eigenvalue weighted by Gasteiger charge is 2.22. The van der Waals surface area contributed by atoms with Crippen LogP contribution >= 0.6 is 27.3 Å². The summed E-state index contributed by atoms with van der Waals surface area (Å²) in [6.07, 6.45) is 0. The smallest absolute Gasteiger partial charge is 0.123 e. The number of likely N-dealkylation sites (N-methyl/N-ethyl adjacent to an activating group) is 1. The highest BCUT2D eigenvalue weighted by atomic mass is 79.9. The summed E-state index contributed by atoms with van der Waals surface area (Å²) in [6.45, 7) is 3.13. The van der Waals surface area contributed by atoms with E-state index in [0.29, 0.717) is 6.04 Å². The molecule has 1 fully saturated rings. The van der Waals surface area contributed by atoms with Crippen LogP contribution in [0.5, 0.6) is 0 Å². The molecule has 2 aromatic rings. The van der Waals surface area contributed by atoms with E-state index in [4.69, 9.17) is 4.98 Å². The second kappa shape index (κ2) is 5.71. The maximum atomic E-state index is 4.81. The lowest BCUT2D eigenvalue weighted by Crippen LogP contribution is -2.43. The highest BCUT2D eigenvalue weighted by molar-refractivity contribution is 9.10. The molecule has 1 aliphatic heterocycles. The summed E-state index contributed by atoms with van der Waals surface area (Å²) in [5, 5.41) is 6.72. The molecule has 0 aliphatic carbocycles. The quantitative estimate of drug-likeness (QED) is 0.912. The number of nitrogens with one attached hydrogen (secondary N) is 1. The zero-order chi connectivity index (χ0) is 13.2. The summed E-state index contributed by atoms with van der Waals surface area (Å²) >= 11 is 5.19. The summed E-state index contributed by atoms with van der Waals surface area (Å²) in [4.78, 5) is 7.18. The number of hydrogen-bond acceptors (Lipinski definition) is 4. The van der Waals surface area contributed by atoms with Gasteiger partial charge in [0.15, 0.2) is 0 Å². The van der Waals surface area contributed by atoms with Crippen molar-refractivity contribution in [1.29, 1.82) is 0 Å². The van der Waals surface area contributed by atoms with Gasteiger partial charge in [0.25, 0.3) is 0 Å². The molecule has 3 rings (SSSR count). The summed E-state index contributed by atoms with van der Waals surface area (Å²) in [5.74, 6) is 0. The van der Waals surface area contributed by atoms with Crippen molar-refractivity contribution in [3.05, 3.63) is 39.8 Å². The van der Waals surface area contributed by atoms with E-state index in [0.717, 1.165) is 29.1 Å². The van der Waals surface area contributed by atoms with E-state index in [2.05, 4.69) is 62.8 Å². The highest BCUT2D eigenvalue weighted by Crippen LogP contribution is 2.29. The van der Waals surface area contributed by atoms with Gasteiger partial charge in [-0.2, -0.15) is 0 Å². The van der Waals surface area contributed by atoms with Crippen molar-refractivity contribution >= 4 is 27.3 Å². The lowest BCUT2D eigenvalue weighted by atomic mass is 10.1. The number of hydrogen-bond donors (Lipinski definition) is 1. The van der Waals surface area contributed by atoms with Crippen LogP contribution in [-0.4, -0.2) is 36.6 Å². The Morgan fingerprint density at radius 1 is 1.37 bits per heavy atom. The molecule has 5 heteroatoms. The van der Waals surface area contributed by atoms with Crippen LogP contribution < -0.4 is 5.32 Å². The molecule has 0 saturated carbocycles. The monoisotopic (exact) mass is 337 g/mol. The molecule has 100 valence electrons. The topological polar surface area (TPSA) is 28.2 Å². The minimum Gasteiger partial charge on any atom is -0.313 e. The molecule has 1 aromatic carbocycles. The Kier molecular flexibility index (Phi) is 3.98. The summed E-state index contributed by atoms with van der Waals surface area (Å²) in [5.41, 5.74) is 2.36. The molecule has 0 radical (unpaired) electrons. The van der Waals surface area contributed by atoms with Crippen molar-refractivity contribution < 1.29 is 0 Å². The van der Waals surface area contributed by atoms with Gasteiger partial charge in [-0.25, -0.2) is 4.98 Å². The lowest BCUT2D eigenvalue weighted by Gasteiger charge is -2.31. The fraction of sp³-hybridized carbons (Fsp3) is 0.357. The van der Waals surface area contributed by atoms with Gasteiger partial charge < -0.3 is 5.32 Å². The third-order valence-corrected chi connectivity index (χ3v) is 4.90. The molecular weight excluding hydrogens is 322 g/mol. The van der Waals surface area contributed by atoms with E-state index in [9.17, 15) is 0 Å². The minimum absolute atomic E-state index is 0.397. The van der Waals surface area contributed by atoms with Crippen molar-refractivity contribution in [3.63, 3.8) is 0 Å². The molecule has 1 atom stereocenters. The van der Waals surface area contributed by atoms with Gasteiger partial charge in [-0.15, -0.1) is 11.3 Å². The number of thiazole rings is 1. The molecule has 0 bridgehead atoms. The normalized spacial score (nSPS) is 20.6. The Bertz CT molecular complexity index is 552. The average molecular weight is 338 g/mol. The van der Waals surface area contributed by atoms with Crippen LogP contribution in [0.25, 0.3) is 10.6 Å². The zero-order valence-corrected chi connectivity index (χ0v) is 13.2. The molecule has 2 heterocycles. The average Bonchev–Trinajstić information content (AvgIpc) is 2.89. The van der Waals surface area contributed by atoms with Gasteiger partial charge in [0.2, 0.25) is 0 Å². The molecule has 1 aromatic heterocycles. The second-order valence-corrected chi connectivity index (χ2v) is 6.56. The third-order valence-electron chi connectivity index (χ3n) is 3.47. The van der Waals surface area contributed by atoms with Crippen LogP contribution in [0.3, 0.4) is 0 Å². The Morgan fingerprint density at radius 2 is 2.16 bits per heavy atom. The lowest BCUT2D eigenvalue weighted by molar-refractivity contribution is 0.199. The van der Waals surface area contributed by atoms with Gasteiger partial charge in [-0.3, -0.25) is 4.90 Å². The number of rotatable bonds is 2. The predicted molar refractivity (Wildman–Crippen MR) is 83.5 cm³/mol. The molecule has 1 saturated heterocycles. The number of nitrogens with zero attached hydrogens (tertiary/aromatic N) is 2. The van der Waals surface area contributed by atoms with Crippen molar-refractivity contribution in [2.75, 3.05) is 26.7 Å². The van der Waals surface area contributed by atoms with Crippen LogP contribution in [0.2, 0.25) is 0 Å². The first-order valence-electron chi connectivity index (χ1n) is 6.36. The molecule has 1 unspecified atom stereocenters. The molecule has 0 amide bonds. The summed E-state index contributed by atoms with van der Waals surface area (Å²) in [6, 6.07) is 8.73. The molecule has 1 N–H and O–H groups in total. The molecular formula is C14H16BrN3S. The first kappa shape index (κ1) is 13.2. The number of piperazine rings is 1. The van der Waals surface area contributed by atoms with Crippen molar-refractivity contribution in [3.8, 4) is 10.6 Å². The largest absolute Gasteiger partial charge is 0.313 e. The van der Waals surface area contributed by atoms with Gasteiger partial charge in [-0.1, -0.05) is 28.1 Å². The number of halogens is 1. The molecule has 3 nitrogen and oxygen atoms in total. The van der Waals surface area contributed by atoms with E-state index in [1.807, 2.05) is 0 Å². The van der Waals surface area contributed by atoms with E-state index in [1.165, 1.54) is 11.3 Å². The van der Waals surface area contributed by atoms with Crippen molar-refractivity contribution in [1.82, 2.24) is 15.2 Å². The van der Waals surface area contributed by atoms with E-state index in [-0.39, 0.29) is 0 Å². The maximum Gasteiger partial charge on any atom is 0.123 e. The fourth-order valence-corrected chi connectivity index (χ4v) is 3.44. The van der Waals surface area contributed by atoms with Gasteiger partial charge in [0.05, 0.1) is 11.7 Å². The molecule has 0 spiro atoms. The van der Waals surface area contributed by atoms with Crippen LogP contribution in [0.1, 0.15) is 11.7 Å². The Hall–Kier alpha value is -0.750. The van der Waals surface area contributed by atoms with Gasteiger partial charge >= 0.3 is 0 Å². The van der Waals surface area contributed by atoms with Crippen LogP contribution in [0, 0.1) is 0 Å².